The zero-order valence-electron chi connectivity index (χ0n) is 17.6. The van der Waals surface area contributed by atoms with Gasteiger partial charge in [-0.3, -0.25) is 14.5 Å². The predicted molar refractivity (Wildman–Crippen MR) is 118 cm³/mol. The van der Waals surface area contributed by atoms with Gasteiger partial charge in [-0.05, 0) is 50.4 Å². The number of para-hydroxylation sites is 1. The number of rotatable bonds is 5. The highest BCUT2D eigenvalue weighted by molar-refractivity contribution is 6.36. The van der Waals surface area contributed by atoms with Crippen LogP contribution in [0.5, 0.6) is 0 Å². The zero-order valence-corrected chi connectivity index (χ0v) is 17.6. The first-order chi connectivity index (χ1) is 15.2. The summed E-state index contributed by atoms with van der Waals surface area (Å²) in [5.41, 5.74) is 5.70. The molecule has 3 heterocycles. The second-order valence-electron chi connectivity index (χ2n) is 8.30. The maximum Gasteiger partial charge on any atom is 0.323 e. The van der Waals surface area contributed by atoms with Crippen molar-refractivity contribution in [3.05, 3.63) is 64.7 Å². The third kappa shape index (κ3) is 3.61. The molecule has 3 aliphatic rings. The molecule has 160 valence electrons. The van der Waals surface area contributed by atoms with Crippen LogP contribution in [0, 0.1) is 0 Å². The molecular weight excluding hydrogens is 392 g/mol. The van der Waals surface area contributed by atoms with Gasteiger partial charge in [0.15, 0.2) is 0 Å². The molecule has 6 heteroatoms. The Morgan fingerprint density at radius 2 is 2.10 bits per heavy atom. The number of hydrogen-bond donors (Lipinski definition) is 1. The molecule has 1 fully saturated rings. The molecule has 0 spiro atoms. The minimum absolute atomic E-state index is 0.0898. The van der Waals surface area contributed by atoms with Crippen molar-refractivity contribution in [2.24, 2.45) is 0 Å². The number of esters is 1. The second-order valence-corrected chi connectivity index (χ2v) is 8.30. The van der Waals surface area contributed by atoms with Crippen molar-refractivity contribution < 1.29 is 19.1 Å². The molecule has 2 aromatic rings. The van der Waals surface area contributed by atoms with Crippen LogP contribution in [0.4, 0.5) is 5.69 Å². The van der Waals surface area contributed by atoms with E-state index in [9.17, 15) is 9.59 Å². The van der Waals surface area contributed by atoms with Crippen LogP contribution in [-0.4, -0.2) is 43.0 Å². The third-order valence-electron chi connectivity index (χ3n) is 6.43. The second kappa shape index (κ2) is 8.19. The molecule has 0 saturated carbocycles. The standard InChI is InChI=1S/C25H26N2O4/c1-30-25(29)21-9-5-13-27(21)12-4-6-16-10-11-18-17(14-16)15-31-23(18)22-19-7-2-3-8-20(19)26-24(22)28/h2-3,7-8,10-11,14,21H,4-6,9,12-13,15H2,1H3,(H,26,28)/t21-/m0/s1. The minimum atomic E-state index is -0.120. The highest BCUT2D eigenvalue weighted by Crippen LogP contribution is 2.41. The van der Waals surface area contributed by atoms with Gasteiger partial charge in [0.25, 0.3) is 5.91 Å². The number of aryl methyl sites for hydroxylation is 1. The van der Waals surface area contributed by atoms with E-state index in [2.05, 4.69) is 28.4 Å². The summed E-state index contributed by atoms with van der Waals surface area (Å²) < 4.78 is 10.9. The lowest BCUT2D eigenvalue weighted by Crippen LogP contribution is -2.37. The van der Waals surface area contributed by atoms with Crippen LogP contribution in [0.25, 0.3) is 11.3 Å². The van der Waals surface area contributed by atoms with Gasteiger partial charge in [0.05, 0.1) is 12.7 Å². The van der Waals surface area contributed by atoms with E-state index < -0.39 is 0 Å². The predicted octanol–water partition coefficient (Wildman–Crippen LogP) is 3.61. The van der Waals surface area contributed by atoms with E-state index in [4.69, 9.17) is 9.47 Å². The van der Waals surface area contributed by atoms with Crippen LogP contribution in [0.3, 0.4) is 0 Å². The molecule has 2 aromatic carbocycles. The van der Waals surface area contributed by atoms with Gasteiger partial charge in [-0.25, -0.2) is 0 Å². The Bertz CT molecular complexity index is 1070. The SMILES string of the molecule is COC(=O)[C@@H]1CCCN1CCCc1ccc2c(c1)COC2=C1C(=O)Nc2ccccc21. The molecule has 31 heavy (non-hydrogen) atoms. The zero-order chi connectivity index (χ0) is 21.4. The number of hydrogen-bond acceptors (Lipinski definition) is 5. The molecule has 0 unspecified atom stereocenters. The number of amides is 1. The van der Waals surface area contributed by atoms with Gasteiger partial charge in [-0.2, -0.15) is 0 Å². The number of nitrogens with zero attached hydrogens (tertiary/aromatic N) is 1. The molecule has 0 bridgehead atoms. The minimum Gasteiger partial charge on any atom is -0.487 e. The van der Waals surface area contributed by atoms with Crippen molar-refractivity contribution >= 4 is 28.9 Å². The number of methoxy groups -OCH3 is 1. The highest BCUT2D eigenvalue weighted by atomic mass is 16.5. The van der Waals surface area contributed by atoms with Gasteiger partial charge in [0.1, 0.15) is 18.4 Å². The lowest BCUT2D eigenvalue weighted by Gasteiger charge is -2.22. The number of benzene rings is 2. The molecule has 1 atom stereocenters. The van der Waals surface area contributed by atoms with Crippen LogP contribution >= 0.6 is 0 Å². The molecule has 0 radical (unpaired) electrons. The van der Waals surface area contributed by atoms with Crippen molar-refractivity contribution in [1.29, 1.82) is 0 Å². The Balaban J connectivity index is 1.29. The van der Waals surface area contributed by atoms with Gasteiger partial charge < -0.3 is 14.8 Å². The Hall–Kier alpha value is -3.12. The summed E-state index contributed by atoms with van der Waals surface area (Å²) in [6.07, 6.45) is 3.85. The van der Waals surface area contributed by atoms with E-state index in [1.807, 2.05) is 24.3 Å². The van der Waals surface area contributed by atoms with Crippen molar-refractivity contribution in [2.75, 3.05) is 25.5 Å². The van der Waals surface area contributed by atoms with Crippen molar-refractivity contribution in [3.8, 4) is 0 Å². The molecular formula is C25H26N2O4. The van der Waals surface area contributed by atoms with Gasteiger partial charge in [0.2, 0.25) is 0 Å². The summed E-state index contributed by atoms with van der Waals surface area (Å²) in [4.78, 5) is 26.7. The first-order valence-electron chi connectivity index (χ1n) is 10.9. The topological polar surface area (TPSA) is 67.9 Å². The lowest BCUT2D eigenvalue weighted by molar-refractivity contribution is -0.145. The quantitative estimate of drug-likeness (QED) is 0.594. The average molecular weight is 418 g/mol. The summed E-state index contributed by atoms with van der Waals surface area (Å²) in [6.45, 7) is 2.33. The number of carbonyl (C=O) groups is 2. The Morgan fingerprint density at radius 1 is 1.23 bits per heavy atom. The van der Waals surface area contributed by atoms with Gasteiger partial charge in [0, 0.05) is 22.4 Å². The molecule has 0 aliphatic carbocycles. The molecule has 6 nitrogen and oxygen atoms in total. The maximum absolute atomic E-state index is 12.6. The molecule has 1 N–H and O–H groups in total. The molecule has 1 saturated heterocycles. The number of carbonyl (C=O) groups excluding carboxylic acids is 2. The fourth-order valence-corrected chi connectivity index (χ4v) is 4.90. The summed E-state index contributed by atoms with van der Waals surface area (Å²) in [5, 5.41) is 2.92. The normalized spacial score (nSPS) is 22.1. The van der Waals surface area contributed by atoms with Crippen LogP contribution in [0.2, 0.25) is 0 Å². The molecule has 5 rings (SSSR count). The van der Waals surface area contributed by atoms with E-state index in [0.29, 0.717) is 17.9 Å². The summed E-state index contributed by atoms with van der Waals surface area (Å²) in [6, 6.07) is 14.0. The van der Waals surface area contributed by atoms with Crippen LogP contribution in [0.1, 0.15) is 41.5 Å². The fourth-order valence-electron chi connectivity index (χ4n) is 4.90. The van der Waals surface area contributed by atoms with E-state index in [-0.39, 0.29) is 17.9 Å². The monoisotopic (exact) mass is 418 g/mol. The Kier molecular flexibility index (Phi) is 5.24. The first kappa shape index (κ1) is 19.8. The summed E-state index contributed by atoms with van der Waals surface area (Å²) in [7, 11) is 1.46. The van der Waals surface area contributed by atoms with Crippen LogP contribution in [-0.2, 0) is 32.1 Å². The van der Waals surface area contributed by atoms with Gasteiger partial charge >= 0.3 is 5.97 Å². The van der Waals surface area contributed by atoms with Crippen molar-refractivity contribution in [2.45, 2.75) is 38.3 Å². The fraction of sp³-hybridized carbons (Fsp3) is 0.360. The van der Waals surface area contributed by atoms with Crippen molar-refractivity contribution in [3.63, 3.8) is 0 Å². The number of likely N-dealkylation sites (tertiary alicyclic amines) is 1. The van der Waals surface area contributed by atoms with Crippen LogP contribution in [0.15, 0.2) is 42.5 Å². The molecule has 3 aliphatic heterocycles. The number of anilines is 1. The van der Waals surface area contributed by atoms with E-state index in [1.165, 1.54) is 12.7 Å². The lowest BCUT2D eigenvalue weighted by atomic mass is 9.98. The van der Waals surface area contributed by atoms with Gasteiger partial charge in [-0.15, -0.1) is 0 Å². The Labute approximate surface area is 181 Å². The summed E-state index contributed by atoms with van der Waals surface area (Å²) >= 11 is 0. The van der Waals surface area contributed by atoms with E-state index >= 15 is 0 Å². The smallest absolute Gasteiger partial charge is 0.323 e. The maximum atomic E-state index is 12.6. The van der Waals surface area contributed by atoms with Gasteiger partial charge in [-0.1, -0.05) is 36.4 Å². The number of nitrogens with one attached hydrogen (secondary N) is 1. The molecule has 1 amide bonds. The molecule has 0 aromatic heterocycles. The summed E-state index contributed by atoms with van der Waals surface area (Å²) in [5.74, 6) is 0.436. The highest BCUT2D eigenvalue weighted by Gasteiger charge is 2.33. The van der Waals surface area contributed by atoms with Crippen LogP contribution < -0.4 is 5.32 Å². The average Bonchev–Trinajstić information content (AvgIpc) is 3.49. The van der Waals surface area contributed by atoms with E-state index in [1.54, 1.807) is 0 Å². The Morgan fingerprint density at radius 3 is 2.97 bits per heavy atom. The largest absolute Gasteiger partial charge is 0.487 e. The van der Waals surface area contributed by atoms with Crippen molar-refractivity contribution in [1.82, 2.24) is 4.90 Å². The number of fused-ring (bicyclic) bond motifs is 2. The third-order valence-corrected chi connectivity index (χ3v) is 6.43. The first-order valence-corrected chi connectivity index (χ1v) is 10.9. The number of ether oxygens (including phenoxy) is 2. The van der Waals surface area contributed by atoms with E-state index in [0.717, 1.165) is 61.2 Å².